The Bertz CT molecular complexity index is 177. The zero-order valence-corrected chi connectivity index (χ0v) is 7.63. The van der Waals surface area contributed by atoms with Crippen LogP contribution in [0.1, 0.15) is 27.2 Å². The van der Waals surface area contributed by atoms with Gasteiger partial charge in [0, 0.05) is 12.5 Å². The van der Waals surface area contributed by atoms with Crippen LogP contribution in [-0.4, -0.2) is 28.9 Å². The second-order valence-corrected chi connectivity index (χ2v) is 2.91. The highest BCUT2D eigenvalue weighted by Crippen LogP contribution is 1.94. The number of aliphatic carboxylic acids is 1. The number of hydrogen-bond donors (Lipinski definition) is 2. The van der Waals surface area contributed by atoms with Gasteiger partial charge in [-0.1, -0.05) is 6.92 Å². The Morgan fingerprint density at radius 2 is 1.92 bits per heavy atom. The maximum absolute atomic E-state index is 11.0. The molecule has 0 aliphatic carbocycles. The van der Waals surface area contributed by atoms with Crippen LogP contribution in [-0.2, 0) is 9.59 Å². The summed E-state index contributed by atoms with van der Waals surface area (Å²) in [5.74, 6) is -1.38. The van der Waals surface area contributed by atoms with Gasteiger partial charge in [0.05, 0.1) is 0 Å². The number of nitrogens with one attached hydrogen (secondary N) is 1. The molecule has 0 saturated heterocycles. The summed E-state index contributed by atoms with van der Waals surface area (Å²) in [4.78, 5) is 21.6. The topological polar surface area (TPSA) is 66.4 Å². The third-order valence-electron chi connectivity index (χ3n) is 1.42. The Labute approximate surface area is 72.0 Å². The number of carbonyl (C=O) groups is 2. The molecule has 0 aromatic rings. The monoisotopic (exact) mass is 173 g/mol. The van der Waals surface area contributed by atoms with Crippen LogP contribution in [0.2, 0.25) is 0 Å². The third kappa shape index (κ3) is 3.48. The largest absolute Gasteiger partial charge is 0.480 e. The van der Waals surface area contributed by atoms with Gasteiger partial charge >= 0.3 is 5.97 Å². The molecule has 0 aromatic carbocycles. The number of hydrogen-bond acceptors (Lipinski definition) is 3. The van der Waals surface area contributed by atoms with Gasteiger partial charge in [0.1, 0.15) is 0 Å². The predicted octanol–water partition coefficient (Wildman–Crippen LogP) is 0.417. The molecule has 0 amide bonds. The number of carboxylic acid groups (broad SMARTS) is 1. The molecular formula is C8H15NO3. The van der Waals surface area contributed by atoms with E-state index in [1.807, 2.05) is 0 Å². The molecule has 0 spiro atoms. The van der Waals surface area contributed by atoms with Crippen LogP contribution in [0.15, 0.2) is 0 Å². The Morgan fingerprint density at radius 1 is 1.42 bits per heavy atom. The first kappa shape index (κ1) is 11.1. The summed E-state index contributed by atoms with van der Waals surface area (Å²) in [6.07, 6.45) is 0.247. The molecule has 1 unspecified atom stereocenters. The first-order valence-corrected chi connectivity index (χ1v) is 4.00. The molecule has 12 heavy (non-hydrogen) atoms. The van der Waals surface area contributed by atoms with E-state index in [-0.39, 0.29) is 18.2 Å². The minimum atomic E-state index is -1.10. The summed E-state index contributed by atoms with van der Waals surface area (Å²) >= 11 is 0. The highest BCUT2D eigenvalue weighted by molar-refractivity contribution is 6.02. The molecule has 4 heteroatoms. The van der Waals surface area contributed by atoms with E-state index in [2.05, 4.69) is 5.32 Å². The van der Waals surface area contributed by atoms with Crippen molar-refractivity contribution in [3.8, 4) is 0 Å². The number of carbonyl (C=O) groups excluding carboxylic acids is 1. The molecule has 0 heterocycles. The fraction of sp³-hybridized carbons (Fsp3) is 0.750. The molecule has 4 nitrogen and oxygen atoms in total. The van der Waals surface area contributed by atoms with E-state index in [4.69, 9.17) is 5.11 Å². The van der Waals surface area contributed by atoms with Gasteiger partial charge in [0.25, 0.3) is 0 Å². The van der Waals surface area contributed by atoms with E-state index in [0.717, 1.165) is 0 Å². The summed E-state index contributed by atoms with van der Waals surface area (Å²) in [6.45, 7) is 5.26. The van der Waals surface area contributed by atoms with Crippen LogP contribution in [0.4, 0.5) is 0 Å². The minimum Gasteiger partial charge on any atom is -0.480 e. The quantitative estimate of drug-likeness (QED) is 0.591. The molecule has 0 radical (unpaired) electrons. The van der Waals surface area contributed by atoms with Gasteiger partial charge in [-0.15, -0.1) is 0 Å². The van der Waals surface area contributed by atoms with E-state index < -0.39 is 12.0 Å². The highest BCUT2D eigenvalue weighted by Gasteiger charge is 2.24. The lowest BCUT2D eigenvalue weighted by Gasteiger charge is -2.14. The van der Waals surface area contributed by atoms with E-state index >= 15 is 0 Å². The highest BCUT2D eigenvalue weighted by atomic mass is 16.4. The van der Waals surface area contributed by atoms with Gasteiger partial charge < -0.3 is 5.11 Å². The number of rotatable bonds is 5. The van der Waals surface area contributed by atoms with Crippen LogP contribution in [0, 0.1) is 0 Å². The average Bonchev–Trinajstić information content (AvgIpc) is 1.98. The summed E-state index contributed by atoms with van der Waals surface area (Å²) in [7, 11) is 0. The fourth-order valence-corrected chi connectivity index (χ4v) is 0.839. The Kier molecular flexibility index (Phi) is 4.51. The molecule has 2 N–H and O–H groups in total. The van der Waals surface area contributed by atoms with Crippen LogP contribution >= 0.6 is 0 Å². The second-order valence-electron chi connectivity index (χ2n) is 2.91. The Morgan fingerprint density at radius 3 is 2.17 bits per heavy atom. The smallest absolute Gasteiger partial charge is 0.328 e. The van der Waals surface area contributed by atoms with Gasteiger partial charge in [-0.25, -0.2) is 0 Å². The van der Waals surface area contributed by atoms with Crippen LogP contribution in [0.5, 0.6) is 0 Å². The zero-order valence-electron chi connectivity index (χ0n) is 7.63. The van der Waals surface area contributed by atoms with Gasteiger partial charge in [0.15, 0.2) is 11.8 Å². The first-order chi connectivity index (χ1) is 5.49. The maximum atomic E-state index is 11.0. The summed E-state index contributed by atoms with van der Waals surface area (Å²) < 4.78 is 0. The van der Waals surface area contributed by atoms with Gasteiger partial charge in [0.2, 0.25) is 0 Å². The fourth-order valence-electron chi connectivity index (χ4n) is 0.839. The lowest BCUT2D eigenvalue weighted by Crippen LogP contribution is -2.46. The van der Waals surface area contributed by atoms with Crippen molar-refractivity contribution in [3.63, 3.8) is 0 Å². The van der Waals surface area contributed by atoms with Gasteiger partial charge in [-0.3, -0.25) is 14.9 Å². The van der Waals surface area contributed by atoms with Crippen molar-refractivity contribution in [1.29, 1.82) is 0 Å². The minimum absolute atomic E-state index is 0.00148. The van der Waals surface area contributed by atoms with E-state index in [0.29, 0.717) is 0 Å². The molecular weight excluding hydrogens is 158 g/mol. The van der Waals surface area contributed by atoms with Crippen molar-refractivity contribution in [1.82, 2.24) is 5.32 Å². The molecule has 1 atom stereocenters. The van der Waals surface area contributed by atoms with E-state index in [1.54, 1.807) is 20.8 Å². The van der Waals surface area contributed by atoms with Crippen molar-refractivity contribution >= 4 is 11.8 Å². The lowest BCUT2D eigenvalue weighted by molar-refractivity contribution is -0.143. The Hall–Kier alpha value is -0.900. The van der Waals surface area contributed by atoms with Crippen molar-refractivity contribution in [2.75, 3.05) is 0 Å². The average molecular weight is 173 g/mol. The van der Waals surface area contributed by atoms with Crippen molar-refractivity contribution in [2.24, 2.45) is 0 Å². The summed E-state index contributed by atoms with van der Waals surface area (Å²) in [5.41, 5.74) is 0. The SMILES string of the molecule is CCC(=O)C(NC(C)C)C(=O)O. The van der Waals surface area contributed by atoms with E-state index in [1.165, 1.54) is 0 Å². The molecule has 0 rings (SSSR count). The molecule has 70 valence electrons. The molecule has 0 aliphatic heterocycles. The molecule has 0 aromatic heterocycles. The number of carboxylic acids is 1. The zero-order chi connectivity index (χ0) is 9.72. The Balaban J connectivity index is 4.23. The van der Waals surface area contributed by atoms with Crippen LogP contribution in [0.3, 0.4) is 0 Å². The van der Waals surface area contributed by atoms with Crippen LogP contribution < -0.4 is 5.32 Å². The van der Waals surface area contributed by atoms with Crippen molar-refractivity contribution < 1.29 is 14.7 Å². The third-order valence-corrected chi connectivity index (χ3v) is 1.42. The molecule has 0 saturated carbocycles. The lowest BCUT2D eigenvalue weighted by atomic mass is 10.1. The molecule has 0 fully saturated rings. The summed E-state index contributed by atoms with van der Waals surface area (Å²) in [6, 6.07) is -1.04. The predicted molar refractivity (Wildman–Crippen MR) is 45.0 cm³/mol. The number of ketones is 1. The van der Waals surface area contributed by atoms with E-state index in [9.17, 15) is 9.59 Å². The maximum Gasteiger partial charge on any atom is 0.328 e. The molecule has 0 bridgehead atoms. The van der Waals surface area contributed by atoms with Gasteiger partial charge in [-0.2, -0.15) is 0 Å². The van der Waals surface area contributed by atoms with Crippen molar-refractivity contribution in [3.05, 3.63) is 0 Å². The normalized spacial score (nSPS) is 13.0. The molecule has 0 aliphatic rings. The van der Waals surface area contributed by atoms with Crippen molar-refractivity contribution in [2.45, 2.75) is 39.3 Å². The second kappa shape index (κ2) is 4.87. The van der Waals surface area contributed by atoms with Crippen LogP contribution in [0.25, 0.3) is 0 Å². The number of Topliss-reactive ketones (excluding diaryl/α,β-unsaturated/α-hetero) is 1. The summed E-state index contributed by atoms with van der Waals surface area (Å²) in [5, 5.41) is 11.3. The first-order valence-electron chi connectivity index (χ1n) is 4.00. The van der Waals surface area contributed by atoms with Gasteiger partial charge in [-0.05, 0) is 13.8 Å². The standard InChI is InChI=1S/C8H15NO3/c1-4-6(10)7(8(11)12)9-5(2)3/h5,7,9H,4H2,1-3H3,(H,11,12).